The van der Waals surface area contributed by atoms with Crippen LogP contribution in [0.5, 0.6) is 0 Å². The van der Waals surface area contributed by atoms with Crippen molar-refractivity contribution in [2.45, 2.75) is 30.4 Å². The van der Waals surface area contributed by atoms with Crippen molar-refractivity contribution in [3.63, 3.8) is 0 Å². The minimum Gasteiger partial charge on any atom is -0.320 e. The number of hydrogen-bond acceptors (Lipinski definition) is 2. The van der Waals surface area contributed by atoms with Gasteiger partial charge in [-0.3, -0.25) is 9.59 Å². The number of halogens is 15. The van der Waals surface area contributed by atoms with Gasteiger partial charge in [0.15, 0.2) is 5.82 Å². The Morgan fingerprint density at radius 2 is 1.27 bits per heavy atom. The predicted octanol–water partition coefficient (Wildman–Crippen LogP) is 9.29. The van der Waals surface area contributed by atoms with Crippen molar-refractivity contribution in [1.82, 2.24) is 0 Å². The molecule has 1 N–H and O–H groups in total. The van der Waals surface area contributed by atoms with Gasteiger partial charge in [-0.15, -0.1) is 0 Å². The zero-order valence-corrected chi connectivity index (χ0v) is 23.8. The Kier molecular flexibility index (Phi) is 9.50. The zero-order valence-electron chi connectivity index (χ0n) is 21.6. The second-order valence-electron chi connectivity index (χ2n) is 9.06. The third kappa shape index (κ3) is 6.96. The molecule has 0 aliphatic carbocycles. The highest BCUT2D eigenvalue weighted by Crippen LogP contribution is 2.54. The largest absolute Gasteiger partial charge is 0.435 e. The van der Waals surface area contributed by atoms with Gasteiger partial charge in [-0.05, 0) is 71.1 Å². The summed E-state index contributed by atoms with van der Waals surface area (Å²) < 4.78 is 188. The van der Waals surface area contributed by atoms with Gasteiger partial charge in [0.25, 0.3) is 11.8 Å². The van der Waals surface area contributed by atoms with E-state index in [0.717, 1.165) is 53.9 Å². The van der Waals surface area contributed by atoms with Crippen molar-refractivity contribution in [1.29, 1.82) is 0 Å². The molecular formula is C26H13F14IN2O2. The molecule has 2 amide bonds. The molecule has 0 spiro atoms. The van der Waals surface area contributed by atoms with E-state index in [2.05, 4.69) is 0 Å². The van der Waals surface area contributed by atoms with Crippen molar-refractivity contribution < 1.29 is 71.1 Å². The van der Waals surface area contributed by atoms with Crippen molar-refractivity contribution in [2.24, 2.45) is 0 Å². The van der Waals surface area contributed by atoms with Gasteiger partial charge in [-0.1, -0.05) is 6.07 Å². The third-order valence-corrected chi connectivity index (χ3v) is 7.01. The van der Waals surface area contributed by atoms with Gasteiger partial charge in [0, 0.05) is 21.7 Å². The van der Waals surface area contributed by atoms with Crippen LogP contribution in [0.15, 0.2) is 54.6 Å². The van der Waals surface area contributed by atoms with Crippen LogP contribution in [0.3, 0.4) is 0 Å². The summed E-state index contributed by atoms with van der Waals surface area (Å²) in [5.74, 6) is -4.37. The minimum absolute atomic E-state index is 0.227. The molecule has 3 aromatic rings. The number of amides is 2. The van der Waals surface area contributed by atoms with E-state index in [-0.39, 0.29) is 11.6 Å². The molecule has 0 aliphatic heterocycles. The van der Waals surface area contributed by atoms with Gasteiger partial charge >= 0.3 is 30.4 Å². The molecule has 0 saturated heterocycles. The number of alkyl halides is 13. The highest BCUT2D eigenvalue weighted by Gasteiger charge is 2.73. The second kappa shape index (κ2) is 11.9. The van der Waals surface area contributed by atoms with Crippen molar-refractivity contribution in [3.8, 4) is 0 Å². The number of anilines is 2. The first-order chi connectivity index (χ1) is 20.3. The summed E-state index contributed by atoms with van der Waals surface area (Å²) in [6, 6.07) is 4.17. The van der Waals surface area contributed by atoms with Crippen LogP contribution in [0.4, 0.5) is 72.8 Å². The maximum absolute atomic E-state index is 15.4. The molecule has 0 atom stereocenters. The first kappa shape index (κ1) is 35.8. The maximum atomic E-state index is 15.4. The average Bonchev–Trinajstić information content (AvgIpc) is 2.90. The Morgan fingerprint density at radius 3 is 1.73 bits per heavy atom. The Balaban J connectivity index is 2.04. The molecule has 3 rings (SSSR count). The highest BCUT2D eigenvalue weighted by molar-refractivity contribution is 14.1. The monoisotopic (exact) mass is 778 g/mol. The van der Waals surface area contributed by atoms with Crippen molar-refractivity contribution in [2.75, 3.05) is 17.3 Å². The first-order valence-corrected chi connectivity index (χ1v) is 12.7. The van der Waals surface area contributed by atoms with Crippen LogP contribution in [0.1, 0.15) is 37.4 Å². The normalized spacial score (nSPS) is 13.1. The van der Waals surface area contributed by atoms with Crippen LogP contribution in [0, 0.1) is 9.39 Å². The summed E-state index contributed by atoms with van der Waals surface area (Å²) in [4.78, 5) is 26.1. The second-order valence-corrected chi connectivity index (χ2v) is 10.2. The summed E-state index contributed by atoms with van der Waals surface area (Å²) in [6.45, 7) is 0. The number of nitrogens with one attached hydrogen (secondary N) is 1. The van der Waals surface area contributed by atoms with E-state index in [1.165, 1.54) is 0 Å². The number of carbonyl (C=O) groups is 2. The Morgan fingerprint density at radius 1 is 0.733 bits per heavy atom. The fourth-order valence-electron chi connectivity index (χ4n) is 3.88. The van der Waals surface area contributed by atoms with E-state index in [9.17, 15) is 66.7 Å². The number of hydrogen-bond donors (Lipinski definition) is 1. The first-order valence-electron chi connectivity index (χ1n) is 11.6. The van der Waals surface area contributed by atoms with E-state index in [4.69, 9.17) is 0 Å². The van der Waals surface area contributed by atoms with E-state index in [1.807, 2.05) is 0 Å². The van der Waals surface area contributed by atoms with Crippen LogP contribution in [-0.4, -0.2) is 31.2 Å². The summed E-state index contributed by atoms with van der Waals surface area (Å²) in [5.41, 5.74) is -15.8. The van der Waals surface area contributed by atoms with E-state index in [0.29, 0.717) is 23.1 Å². The molecule has 0 unspecified atom stereocenters. The fraction of sp³-hybridized carbons (Fsp3) is 0.231. The van der Waals surface area contributed by atoms with Crippen LogP contribution in [-0.2, 0) is 18.0 Å². The Hall–Kier alpha value is -3.65. The molecule has 0 saturated carbocycles. The molecule has 0 aliphatic rings. The van der Waals surface area contributed by atoms with Gasteiger partial charge in [0.05, 0.1) is 28.1 Å². The van der Waals surface area contributed by atoms with Gasteiger partial charge in [0.1, 0.15) is 0 Å². The predicted molar refractivity (Wildman–Crippen MR) is 138 cm³/mol. The lowest BCUT2D eigenvalue weighted by Crippen LogP contribution is -2.50. The quantitative estimate of drug-likeness (QED) is 0.208. The fourth-order valence-corrected chi connectivity index (χ4v) is 4.65. The summed E-state index contributed by atoms with van der Waals surface area (Å²) in [5, 5.41) is 1.54. The molecule has 0 aromatic heterocycles. The molecule has 0 radical (unpaired) electrons. The molecular weight excluding hydrogens is 765 g/mol. The smallest absolute Gasteiger partial charge is 0.320 e. The molecule has 0 fully saturated rings. The SMILES string of the molecule is CN(C(=O)c1ccc(C(F)(F)F)cc1)c1cccc(C(=O)Nc2c(I)cc(C(F)(C(F)(F)F)C(F)(F)F)cc2C(F)(F)F)c1F. The summed E-state index contributed by atoms with van der Waals surface area (Å²) in [7, 11) is 0.939. The lowest BCUT2D eigenvalue weighted by Gasteiger charge is -2.31. The lowest BCUT2D eigenvalue weighted by atomic mass is 9.92. The molecule has 244 valence electrons. The van der Waals surface area contributed by atoms with Gasteiger partial charge < -0.3 is 10.2 Å². The molecule has 0 bridgehead atoms. The number of nitrogens with zero attached hydrogens (tertiary/aromatic N) is 1. The maximum Gasteiger partial charge on any atom is 0.435 e. The molecule has 45 heavy (non-hydrogen) atoms. The topological polar surface area (TPSA) is 49.4 Å². The van der Waals surface area contributed by atoms with Crippen LogP contribution >= 0.6 is 22.6 Å². The number of carbonyl (C=O) groups excluding carboxylic acids is 2. The van der Waals surface area contributed by atoms with Gasteiger partial charge in [-0.2, -0.15) is 52.7 Å². The van der Waals surface area contributed by atoms with Gasteiger partial charge in [-0.25, -0.2) is 8.78 Å². The Bertz CT molecular complexity index is 1600. The molecule has 3 aromatic carbocycles. The number of benzene rings is 3. The van der Waals surface area contributed by atoms with Gasteiger partial charge in [0.2, 0.25) is 0 Å². The molecule has 0 heterocycles. The number of rotatable bonds is 5. The highest BCUT2D eigenvalue weighted by atomic mass is 127. The Labute approximate surface area is 256 Å². The third-order valence-electron chi connectivity index (χ3n) is 6.16. The van der Waals surface area contributed by atoms with Crippen LogP contribution in [0.2, 0.25) is 0 Å². The van der Waals surface area contributed by atoms with Crippen molar-refractivity contribution in [3.05, 3.63) is 91.8 Å². The minimum atomic E-state index is -6.75. The molecule has 4 nitrogen and oxygen atoms in total. The van der Waals surface area contributed by atoms with E-state index < -0.39 is 91.3 Å². The lowest BCUT2D eigenvalue weighted by molar-refractivity contribution is -0.348. The molecule has 19 heteroatoms. The van der Waals surface area contributed by atoms with E-state index in [1.54, 1.807) is 5.32 Å². The van der Waals surface area contributed by atoms with Crippen LogP contribution < -0.4 is 10.2 Å². The van der Waals surface area contributed by atoms with Crippen molar-refractivity contribution >= 4 is 45.8 Å². The summed E-state index contributed by atoms with van der Waals surface area (Å²) in [6.07, 6.45) is -24.0. The zero-order chi connectivity index (χ0) is 34.5. The summed E-state index contributed by atoms with van der Waals surface area (Å²) >= 11 is 0.816. The van der Waals surface area contributed by atoms with E-state index >= 15 is 4.39 Å². The standard InChI is InChI=1S/C26H13F14IN2O2/c1-43(21(45)11-5-7-12(8-6-11)23(29,30)31)17-4-2-3-14(18(17)27)20(44)42-19-15(24(32,33)34)9-13(10-16(19)41)22(28,25(35,36)37)26(38,39)40/h2-10H,1H3,(H,42,44). The van der Waals surface area contributed by atoms with Crippen LogP contribution in [0.25, 0.3) is 0 Å². The average molecular weight is 778 g/mol.